The van der Waals surface area contributed by atoms with Crippen LogP contribution in [0.2, 0.25) is 0 Å². The number of pyridine rings is 1. The van der Waals surface area contributed by atoms with Gasteiger partial charge in [0, 0.05) is 38.1 Å². The Labute approximate surface area is 150 Å². The number of hydrogen-bond donors (Lipinski definition) is 0. The summed E-state index contributed by atoms with van der Waals surface area (Å²) in [5, 5.41) is 0. The molecule has 0 spiro atoms. The first-order chi connectivity index (χ1) is 12.2. The quantitative estimate of drug-likeness (QED) is 0.758. The lowest BCUT2D eigenvalue weighted by Crippen LogP contribution is -2.30. The van der Waals surface area contributed by atoms with E-state index in [0.717, 1.165) is 55.3 Å². The lowest BCUT2D eigenvalue weighted by molar-refractivity contribution is 0.382. The van der Waals surface area contributed by atoms with Crippen LogP contribution in [0.25, 0.3) is 5.57 Å². The SMILES string of the molecule is C=C(/C=C\C(=C)N1CCCN(c2ccccn2)CC1)c1ccccc1. The number of allylic oxidation sites excluding steroid dienone is 3. The third-order valence-corrected chi connectivity index (χ3v) is 4.50. The Morgan fingerprint density at radius 3 is 2.44 bits per heavy atom. The number of aromatic nitrogens is 1. The van der Waals surface area contributed by atoms with E-state index >= 15 is 0 Å². The Balaban J connectivity index is 1.58. The van der Waals surface area contributed by atoms with Crippen LogP contribution in [0, 0.1) is 0 Å². The van der Waals surface area contributed by atoms with Crippen molar-refractivity contribution in [2.45, 2.75) is 6.42 Å². The molecule has 128 valence electrons. The van der Waals surface area contributed by atoms with Gasteiger partial charge in [-0.1, -0.05) is 55.6 Å². The van der Waals surface area contributed by atoms with Crippen molar-refractivity contribution < 1.29 is 0 Å². The predicted octanol–water partition coefficient (Wildman–Crippen LogP) is 4.38. The van der Waals surface area contributed by atoms with Crippen molar-refractivity contribution >= 4 is 11.4 Å². The average molecular weight is 331 g/mol. The molecule has 1 saturated heterocycles. The van der Waals surface area contributed by atoms with E-state index in [-0.39, 0.29) is 0 Å². The maximum Gasteiger partial charge on any atom is 0.128 e. The first kappa shape index (κ1) is 17.0. The van der Waals surface area contributed by atoms with Crippen molar-refractivity contribution in [3.63, 3.8) is 0 Å². The average Bonchev–Trinajstić information content (AvgIpc) is 2.93. The molecule has 0 N–H and O–H groups in total. The van der Waals surface area contributed by atoms with E-state index in [1.807, 2.05) is 36.5 Å². The fraction of sp³-hybridized carbons (Fsp3) is 0.227. The highest BCUT2D eigenvalue weighted by molar-refractivity contribution is 5.72. The summed E-state index contributed by atoms with van der Waals surface area (Å²) >= 11 is 0. The zero-order valence-corrected chi connectivity index (χ0v) is 14.6. The molecule has 1 aromatic carbocycles. The number of anilines is 1. The van der Waals surface area contributed by atoms with Crippen molar-refractivity contribution in [1.82, 2.24) is 9.88 Å². The maximum atomic E-state index is 4.47. The minimum Gasteiger partial charge on any atom is -0.370 e. The van der Waals surface area contributed by atoms with E-state index < -0.39 is 0 Å². The third kappa shape index (κ3) is 4.60. The summed E-state index contributed by atoms with van der Waals surface area (Å²) in [7, 11) is 0. The highest BCUT2D eigenvalue weighted by Crippen LogP contribution is 2.17. The van der Waals surface area contributed by atoms with Crippen LogP contribution in [0.5, 0.6) is 0 Å². The topological polar surface area (TPSA) is 19.4 Å². The van der Waals surface area contributed by atoms with Gasteiger partial charge in [0.15, 0.2) is 0 Å². The Morgan fingerprint density at radius 2 is 1.68 bits per heavy atom. The summed E-state index contributed by atoms with van der Waals surface area (Å²) in [5.74, 6) is 1.06. The normalized spacial score (nSPS) is 15.2. The molecule has 2 aromatic rings. The van der Waals surface area contributed by atoms with Gasteiger partial charge >= 0.3 is 0 Å². The van der Waals surface area contributed by atoms with Gasteiger partial charge in [-0.3, -0.25) is 0 Å². The third-order valence-electron chi connectivity index (χ3n) is 4.50. The summed E-state index contributed by atoms with van der Waals surface area (Å²) in [4.78, 5) is 9.16. The molecule has 0 radical (unpaired) electrons. The highest BCUT2D eigenvalue weighted by Gasteiger charge is 2.15. The van der Waals surface area contributed by atoms with Crippen LogP contribution in [0.3, 0.4) is 0 Å². The highest BCUT2D eigenvalue weighted by atomic mass is 15.2. The largest absolute Gasteiger partial charge is 0.370 e. The second-order valence-corrected chi connectivity index (χ2v) is 6.23. The van der Waals surface area contributed by atoms with Gasteiger partial charge in [0.25, 0.3) is 0 Å². The molecule has 2 heterocycles. The lowest BCUT2D eigenvalue weighted by atomic mass is 10.1. The Morgan fingerprint density at radius 1 is 0.880 bits per heavy atom. The minimum absolute atomic E-state index is 0.956. The van der Waals surface area contributed by atoms with Gasteiger partial charge in [0.1, 0.15) is 5.82 Å². The molecule has 1 aromatic heterocycles. The monoisotopic (exact) mass is 331 g/mol. The molecule has 1 fully saturated rings. The molecule has 1 aliphatic rings. The smallest absolute Gasteiger partial charge is 0.128 e. The molecule has 25 heavy (non-hydrogen) atoms. The van der Waals surface area contributed by atoms with Gasteiger partial charge < -0.3 is 9.80 Å². The van der Waals surface area contributed by atoms with E-state index in [2.05, 4.69) is 58.3 Å². The van der Waals surface area contributed by atoms with Gasteiger partial charge in [-0.05, 0) is 35.8 Å². The molecule has 0 bridgehead atoms. The molecule has 3 nitrogen and oxygen atoms in total. The summed E-state index contributed by atoms with van der Waals surface area (Å²) in [5.41, 5.74) is 3.19. The Kier molecular flexibility index (Phi) is 5.68. The van der Waals surface area contributed by atoms with Gasteiger partial charge in [-0.2, -0.15) is 0 Å². The molecule has 0 amide bonds. The Bertz CT molecular complexity index is 734. The molecule has 3 heteroatoms. The van der Waals surface area contributed by atoms with E-state index in [1.54, 1.807) is 0 Å². The van der Waals surface area contributed by atoms with Crippen LogP contribution in [0.4, 0.5) is 5.82 Å². The van der Waals surface area contributed by atoms with Crippen LogP contribution in [0.15, 0.2) is 85.7 Å². The van der Waals surface area contributed by atoms with Crippen LogP contribution in [-0.4, -0.2) is 36.1 Å². The second kappa shape index (κ2) is 8.34. The van der Waals surface area contributed by atoms with E-state index in [9.17, 15) is 0 Å². The molecule has 3 rings (SSSR count). The van der Waals surface area contributed by atoms with Crippen LogP contribution >= 0.6 is 0 Å². The van der Waals surface area contributed by atoms with E-state index in [0.29, 0.717) is 0 Å². The maximum absolute atomic E-state index is 4.47. The molecular weight excluding hydrogens is 306 g/mol. The number of nitrogens with zero attached hydrogens (tertiary/aromatic N) is 3. The van der Waals surface area contributed by atoms with Crippen molar-refractivity contribution in [3.8, 4) is 0 Å². The molecule has 0 unspecified atom stereocenters. The fourth-order valence-electron chi connectivity index (χ4n) is 3.03. The first-order valence-electron chi connectivity index (χ1n) is 8.76. The van der Waals surface area contributed by atoms with E-state index in [1.165, 1.54) is 0 Å². The molecule has 0 atom stereocenters. The predicted molar refractivity (Wildman–Crippen MR) is 106 cm³/mol. The summed E-state index contributed by atoms with van der Waals surface area (Å²) in [6, 6.07) is 16.3. The van der Waals surface area contributed by atoms with Gasteiger partial charge in [-0.15, -0.1) is 0 Å². The summed E-state index contributed by atoms with van der Waals surface area (Å²) in [6.45, 7) is 12.4. The van der Waals surface area contributed by atoms with E-state index in [4.69, 9.17) is 0 Å². The second-order valence-electron chi connectivity index (χ2n) is 6.23. The molecule has 0 saturated carbocycles. The zero-order chi connectivity index (χ0) is 17.5. The standard InChI is InChI=1S/C22H25N3/c1-19(21-9-4-3-5-10-21)12-13-20(2)24-15-8-16-25(18-17-24)22-11-6-7-14-23-22/h3-7,9-14H,1-2,8,15-18H2/b13-12-. The van der Waals surface area contributed by atoms with Gasteiger partial charge in [0.2, 0.25) is 0 Å². The number of hydrogen-bond acceptors (Lipinski definition) is 3. The van der Waals surface area contributed by atoms with Gasteiger partial charge in [-0.25, -0.2) is 4.98 Å². The van der Waals surface area contributed by atoms with Crippen molar-refractivity contribution in [2.24, 2.45) is 0 Å². The fourth-order valence-corrected chi connectivity index (χ4v) is 3.03. The Hall–Kier alpha value is -2.81. The number of benzene rings is 1. The number of rotatable bonds is 5. The molecular formula is C22H25N3. The summed E-state index contributed by atoms with van der Waals surface area (Å²) in [6.07, 6.45) is 7.09. The first-order valence-corrected chi connectivity index (χ1v) is 8.76. The lowest BCUT2D eigenvalue weighted by Gasteiger charge is -2.24. The van der Waals surface area contributed by atoms with Crippen LogP contribution in [0.1, 0.15) is 12.0 Å². The summed E-state index contributed by atoms with van der Waals surface area (Å²) < 4.78 is 0. The van der Waals surface area contributed by atoms with Crippen molar-refractivity contribution in [2.75, 3.05) is 31.1 Å². The molecule has 1 aliphatic heterocycles. The van der Waals surface area contributed by atoms with Crippen LogP contribution in [-0.2, 0) is 0 Å². The molecule has 0 aliphatic carbocycles. The zero-order valence-electron chi connectivity index (χ0n) is 14.6. The van der Waals surface area contributed by atoms with Gasteiger partial charge in [0.05, 0.1) is 0 Å². The minimum atomic E-state index is 0.956. The van der Waals surface area contributed by atoms with Crippen molar-refractivity contribution in [1.29, 1.82) is 0 Å². The van der Waals surface area contributed by atoms with Crippen molar-refractivity contribution in [3.05, 3.63) is 91.3 Å². The van der Waals surface area contributed by atoms with Crippen LogP contribution < -0.4 is 4.90 Å².